The molecule has 7 heteroatoms. The highest BCUT2D eigenvalue weighted by Crippen LogP contribution is 2.33. The Morgan fingerprint density at radius 1 is 1.14 bits per heavy atom. The molecule has 2 aromatic rings. The monoisotopic (exact) mass is 337 g/mol. The van der Waals surface area contributed by atoms with Crippen LogP contribution in [0.15, 0.2) is 41.4 Å². The van der Waals surface area contributed by atoms with Crippen LogP contribution in [0.2, 0.25) is 10.0 Å². The highest BCUT2D eigenvalue weighted by molar-refractivity contribution is 6.39. The predicted molar refractivity (Wildman–Crippen MR) is 88.0 cm³/mol. The maximum atomic E-state index is 6.07. The molecule has 1 aliphatic heterocycles. The van der Waals surface area contributed by atoms with Crippen molar-refractivity contribution in [3.8, 4) is 11.5 Å². The molecule has 0 radical (unpaired) electrons. The minimum Gasteiger partial charge on any atom is -0.454 e. The number of halogens is 2. The molecule has 114 valence electrons. The third-order valence-electron chi connectivity index (χ3n) is 3.08. The van der Waals surface area contributed by atoms with Gasteiger partial charge in [0.1, 0.15) is 0 Å². The number of benzene rings is 2. The average Bonchev–Trinajstić information content (AvgIpc) is 2.96. The number of rotatable bonds is 3. The SMILES string of the molecule is NC(=NCc1ccc2c(c1)OCO2)Nc1c(Cl)cccc1Cl. The van der Waals surface area contributed by atoms with Crippen molar-refractivity contribution in [3.05, 3.63) is 52.0 Å². The number of guanidine groups is 1. The summed E-state index contributed by atoms with van der Waals surface area (Å²) in [5.41, 5.74) is 7.37. The summed E-state index contributed by atoms with van der Waals surface area (Å²) in [5, 5.41) is 3.87. The van der Waals surface area contributed by atoms with E-state index in [1.165, 1.54) is 0 Å². The Hall–Kier alpha value is -2.11. The summed E-state index contributed by atoms with van der Waals surface area (Å²) in [6, 6.07) is 10.8. The van der Waals surface area contributed by atoms with Gasteiger partial charge >= 0.3 is 0 Å². The van der Waals surface area contributed by atoms with Gasteiger partial charge in [0.05, 0.1) is 22.3 Å². The number of hydrogen-bond acceptors (Lipinski definition) is 3. The Labute approximate surface area is 137 Å². The summed E-state index contributed by atoms with van der Waals surface area (Å²) in [7, 11) is 0. The molecule has 5 nitrogen and oxygen atoms in total. The third-order valence-corrected chi connectivity index (χ3v) is 3.71. The molecule has 0 saturated carbocycles. The third kappa shape index (κ3) is 3.21. The molecule has 3 rings (SSSR count). The van der Waals surface area contributed by atoms with E-state index in [0.29, 0.717) is 28.0 Å². The number of ether oxygens (including phenoxy) is 2. The average molecular weight is 338 g/mol. The van der Waals surface area contributed by atoms with E-state index in [9.17, 15) is 0 Å². The van der Waals surface area contributed by atoms with E-state index in [2.05, 4.69) is 10.3 Å². The fraction of sp³-hybridized carbons (Fsp3) is 0.133. The molecule has 1 aliphatic rings. The Morgan fingerprint density at radius 2 is 1.86 bits per heavy atom. The van der Waals surface area contributed by atoms with Gasteiger partial charge in [0.25, 0.3) is 0 Å². The fourth-order valence-electron chi connectivity index (χ4n) is 2.00. The van der Waals surface area contributed by atoms with Crippen LogP contribution in [-0.2, 0) is 6.54 Å². The van der Waals surface area contributed by atoms with Crippen LogP contribution in [-0.4, -0.2) is 12.8 Å². The number of nitrogens with zero attached hydrogens (tertiary/aromatic N) is 1. The Morgan fingerprint density at radius 3 is 2.64 bits per heavy atom. The molecule has 3 N–H and O–H groups in total. The zero-order valence-electron chi connectivity index (χ0n) is 11.5. The van der Waals surface area contributed by atoms with Crippen LogP contribution >= 0.6 is 23.2 Å². The zero-order valence-corrected chi connectivity index (χ0v) is 13.0. The van der Waals surface area contributed by atoms with Crippen LogP contribution in [0.4, 0.5) is 5.69 Å². The van der Waals surface area contributed by atoms with E-state index < -0.39 is 0 Å². The summed E-state index contributed by atoms with van der Waals surface area (Å²) in [6.45, 7) is 0.647. The summed E-state index contributed by atoms with van der Waals surface area (Å²) >= 11 is 12.1. The van der Waals surface area contributed by atoms with Crippen LogP contribution in [0.25, 0.3) is 0 Å². The van der Waals surface area contributed by atoms with Gasteiger partial charge in [-0.25, -0.2) is 4.99 Å². The van der Waals surface area contributed by atoms with Crippen LogP contribution in [0, 0.1) is 0 Å². The maximum Gasteiger partial charge on any atom is 0.231 e. The maximum absolute atomic E-state index is 6.07. The highest BCUT2D eigenvalue weighted by atomic mass is 35.5. The zero-order chi connectivity index (χ0) is 15.5. The van der Waals surface area contributed by atoms with Gasteiger partial charge < -0.3 is 20.5 Å². The molecular formula is C15H13Cl2N3O2. The van der Waals surface area contributed by atoms with Crippen LogP contribution in [0.5, 0.6) is 11.5 Å². The number of fused-ring (bicyclic) bond motifs is 1. The summed E-state index contributed by atoms with van der Waals surface area (Å²) in [5.74, 6) is 1.68. The molecule has 0 atom stereocenters. The van der Waals surface area contributed by atoms with Gasteiger partial charge in [-0.1, -0.05) is 35.3 Å². The molecule has 22 heavy (non-hydrogen) atoms. The van der Waals surface area contributed by atoms with Gasteiger partial charge in [0.2, 0.25) is 6.79 Å². The van der Waals surface area contributed by atoms with Crippen molar-refractivity contribution in [3.63, 3.8) is 0 Å². The molecule has 1 heterocycles. The Balaban J connectivity index is 1.70. The van der Waals surface area contributed by atoms with Gasteiger partial charge in [0, 0.05) is 0 Å². The summed E-state index contributed by atoms with van der Waals surface area (Å²) in [4.78, 5) is 4.27. The number of anilines is 1. The molecule has 0 bridgehead atoms. The van der Waals surface area contributed by atoms with Crippen molar-refractivity contribution in [2.45, 2.75) is 6.54 Å². The second-order valence-electron chi connectivity index (χ2n) is 4.61. The van der Waals surface area contributed by atoms with E-state index in [4.69, 9.17) is 38.4 Å². The number of nitrogens with two attached hydrogens (primary N) is 1. The van der Waals surface area contributed by atoms with Crippen molar-refractivity contribution in [1.82, 2.24) is 0 Å². The lowest BCUT2D eigenvalue weighted by atomic mass is 10.2. The molecule has 2 aromatic carbocycles. The topological polar surface area (TPSA) is 68.9 Å². The first-order valence-electron chi connectivity index (χ1n) is 6.53. The molecule has 0 unspecified atom stereocenters. The minimum atomic E-state index is 0.229. The fourth-order valence-corrected chi connectivity index (χ4v) is 2.49. The smallest absolute Gasteiger partial charge is 0.231 e. The van der Waals surface area contributed by atoms with Crippen LogP contribution < -0.4 is 20.5 Å². The van der Waals surface area contributed by atoms with E-state index in [-0.39, 0.29) is 12.8 Å². The highest BCUT2D eigenvalue weighted by Gasteiger charge is 2.13. The quantitative estimate of drug-likeness (QED) is 0.662. The standard InChI is InChI=1S/C15H13Cl2N3O2/c16-10-2-1-3-11(17)14(10)20-15(18)19-7-9-4-5-12-13(6-9)22-8-21-12/h1-6H,7-8H2,(H3,18,19,20). The second kappa shape index (κ2) is 6.34. The lowest BCUT2D eigenvalue weighted by Gasteiger charge is -2.09. The lowest BCUT2D eigenvalue weighted by Crippen LogP contribution is -2.23. The van der Waals surface area contributed by atoms with E-state index in [1.807, 2.05) is 18.2 Å². The van der Waals surface area contributed by atoms with E-state index in [1.54, 1.807) is 18.2 Å². The first-order chi connectivity index (χ1) is 10.6. The Kier molecular flexibility index (Phi) is 4.27. The van der Waals surface area contributed by atoms with E-state index >= 15 is 0 Å². The van der Waals surface area contributed by atoms with Crippen molar-refractivity contribution >= 4 is 34.8 Å². The van der Waals surface area contributed by atoms with Gasteiger partial charge in [-0.2, -0.15) is 0 Å². The molecule has 0 aromatic heterocycles. The molecule has 0 saturated heterocycles. The van der Waals surface area contributed by atoms with Gasteiger partial charge in [-0.3, -0.25) is 0 Å². The Bertz CT molecular complexity index is 714. The van der Waals surface area contributed by atoms with Crippen LogP contribution in [0.1, 0.15) is 5.56 Å². The van der Waals surface area contributed by atoms with Crippen molar-refractivity contribution < 1.29 is 9.47 Å². The van der Waals surface area contributed by atoms with Gasteiger partial charge in [0.15, 0.2) is 17.5 Å². The number of hydrogen-bond donors (Lipinski definition) is 2. The molecule has 0 amide bonds. The lowest BCUT2D eigenvalue weighted by molar-refractivity contribution is 0.174. The summed E-state index contributed by atoms with van der Waals surface area (Å²) in [6.07, 6.45) is 0. The van der Waals surface area contributed by atoms with Crippen molar-refractivity contribution in [1.29, 1.82) is 0 Å². The van der Waals surface area contributed by atoms with Crippen molar-refractivity contribution in [2.24, 2.45) is 10.7 Å². The molecular weight excluding hydrogens is 325 g/mol. The summed E-state index contributed by atoms with van der Waals surface area (Å²) < 4.78 is 10.6. The number of nitrogens with one attached hydrogen (secondary N) is 1. The normalized spacial score (nSPS) is 13.3. The largest absolute Gasteiger partial charge is 0.454 e. The molecule has 0 aliphatic carbocycles. The van der Waals surface area contributed by atoms with Gasteiger partial charge in [-0.15, -0.1) is 0 Å². The predicted octanol–water partition coefficient (Wildman–Crippen LogP) is 3.65. The van der Waals surface area contributed by atoms with E-state index in [0.717, 1.165) is 11.3 Å². The van der Waals surface area contributed by atoms with Crippen molar-refractivity contribution in [2.75, 3.05) is 12.1 Å². The molecule has 0 fully saturated rings. The second-order valence-corrected chi connectivity index (χ2v) is 5.43. The molecule has 0 spiro atoms. The number of aliphatic imine (C=N–C) groups is 1. The number of para-hydroxylation sites is 1. The first kappa shape index (κ1) is 14.8. The first-order valence-corrected chi connectivity index (χ1v) is 7.28. The minimum absolute atomic E-state index is 0.229. The van der Waals surface area contributed by atoms with Gasteiger partial charge in [-0.05, 0) is 29.8 Å². The van der Waals surface area contributed by atoms with Crippen LogP contribution in [0.3, 0.4) is 0 Å².